The number of ether oxygens (including phenoxy) is 1. The second-order valence-electron chi connectivity index (χ2n) is 12.3. The van der Waals surface area contributed by atoms with E-state index in [1.54, 1.807) is 23.5 Å². The van der Waals surface area contributed by atoms with Crippen LogP contribution >= 0.6 is 11.3 Å². The van der Waals surface area contributed by atoms with Crippen LogP contribution in [0.1, 0.15) is 37.6 Å². The summed E-state index contributed by atoms with van der Waals surface area (Å²) in [5, 5.41) is 5.80. The van der Waals surface area contributed by atoms with E-state index < -0.39 is 42.3 Å². The second kappa shape index (κ2) is 11.7. The minimum absolute atomic E-state index is 0.270. The number of aromatic nitrogens is 1. The molecule has 3 fully saturated rings. The van der Waals surface area contributed by atoms with Crippen molar-refractivity contribution >= 4 is 34.1 Å². The Morgan fingerprint density at radius 1 is 1.15 bits per heavy atom. The number of rotatable bonds is 7. The van der Waals surface area contributed by atoms with Gasteiger partial charge in [0.05, 0.1) is 17.7 Å². The number of amides is 2. The third-order valence-corrected chi connectivity index (χ3v) is 8.86. The summed E-state index contributed by atoms with van der Waals surface area (Å²) >= 11 is 1.60. The van der Waals surface area contributed by atoms with Gasteiger partial charge in [0.15, 0.2) is 10.9 Å². The summed E-state index contributed by atoms with van der Waals surface area (Å²) in [5.74, 6) is -2.62. The van der Waals surface area contributed by atoms with Crippen molar-refractivity contribution in [1.29, 1.82) is 0 Å². The highest BCUT2D eigenvalue weighted by atomic mass is 32.1. The summed E-state index contributed by atoms with van der Waals surface area (Å²) in [6.45, 7) is 9.05. The number of thiazole rings is 1. The molecule has 0 bridgehead atoms. The predicted octanol–water partition coefficient (Wildman–Crippen LogP) is 3.16. The first-order valence-electron chi connectivity index (χ1n) is 13.9. The number of carbonyl (C=O) groups is 3. The molecule has 41 heavy (non-hydrogen) atoms. The number of benzene rings is 1. The molecule has 12 heteroatoms. The third-order valence-electron chi connectivity index (χ3n) is 7.96. The van der Waals surface area contributed by atoms with Gasteiger partial charge in [0.25, 0.3) is 5.91 Å². The number of hydrogen-bond acceptors (Lipinski definition) is 8. The Morgan fingerprint density at radius 2 is 1.83 bits per heavy atom. The summed E-state index contributed by atoms with van der Waals surface area (Å²) in [7, 11) is 2.11. The fraction of sp³-hybridized carbons (Fsp3) is 0.586. The normalized spacial score (nSPS) is 24.2. The fourth-order valence-electron chi connectivity index (χ4n) is 5.73. The Balaban J connectivity index is 1.29. The molecule has 4 atom stereocenters. The lowest BCUT2D eigenvalue weighted by Gasteiger charge is -2.32. The first-order chi connectivity index (χ1) is 19.4. The zero-order chi connectivity index (χ0) is 29.5. The van der Waals surface area contributed by atoms with E-state index in [4.69, 9.17) is 9.72 Å². The van der Waals surface area contributed by atoms with E-state index in [1.807, 2.05) is 38.3 Å². The first kappa shape index (κ1) is 29.5. The summed E-state index contributed by atoms with van der Waals surface area (Å²) in [5.41, 5.74) is 1.71. The topological polar surface area (TPSA) is 95.1 Å². The molecule has 0 spiro atoms. The summed E-state index contributed by atoms with van der Waals surface area (Å²) in [6, 6.07) is 4.98. The smallest absolute Gasteiger partial charge is 0.251 e. The van der Waals surface area contributed by atoms with Crippen LogP contribution in [0.3, 0.4) is 0 Å². The van der Waals surface area contributed by atoms with E-state index in [0.717, 1.165) is 42.6 Å². The molecule has 0 aliphatic carbocycles. The molecule has 1 N–H and O–H groups in total. The van der Waals surface area contributed by atoms with Crippen molar-refractivity contribution in [1.82, 2.24) is 20.1 Å². The highest BCUT2D eigenvalue weighted by Crippen LogP contribution is 2.36. The van der Waals surface area contributed by atoms with Crippen LogP contribution in [0, 0.1) is 11.3 Å². The highest BCUT2D eigenvalue weighted by molar-refractivity contribution is 7.14. The fourth-order valence-corrected chi connectivity index (χ4v) is 6.62. The van der Waals surface area contributed by atoms with Crippen LogP contribution in [0.15, 0.2) is 29.6 Å². The number of hydrogen-bond donors (Lipinski definition) is 1. The van der Waals surface area contributed by atoms with Gasteiger partial charge < -0.3 is 24.8 Å². The van der Waals surface area contributed by atoms with Crippen molar-refractivity contribution in [2.45, 2.75) is 51.8 Å². The van der Waals surface area contributed by atoms with Gasteiger partial charge in [-0.15, -0.1) is 11.3 Å². The quantitative estimate of drug-likeness (QED) is 0.530. The van der Waals surface area contributed by atoms with Gasteiger partial charge in [-0.2, -0.15) is 0 Å². The Morgan fingerprint density at radius 3 is 2.46 bits per heavy atom. The van der Waals surface area contributed by atoms with Gasteiger partial charge in [-0.1, -0.05) is 32.9 Å². The number of nitrogens with zero attached hydrogens (tertiary/aromatic N) is 4. The Hall–Kier alpha value is -2.96. The van der Waals surface area contributed by atoms with Crippen molar-refractivity contribution in [3.05, 3.63) is 35.2 Å². The number of Topliss-reactive ketones (excluding diaryl/α,β-unsaturated/α-hetero) is 1. The Bertz CT molecular complexity index is 1270. The van der Waals surface area contributed by atoms with Crippen molar-refractivity contribution in [2.24, 2.45) is 11.3 Å². The predicted molar refractivity (Wildman–Crippen MR) is 152 cm³/mol. The molecule has 3 saturated heterocycles. The number of likely N-dealkylation sites (tertiary alicyclic amines) is 1. The standard InChI is InChI=1S/C29H37F2N5O4S/c1-29(2,3)13-20(27(39)36-14-19(25(30)31)24-23(36)22(37)15-40-24)32-26(38)18-7-5-17(6-8-18)21-16-41-28(33-21)35-11-9-34(4)10-12-35/h5-8,16,19-20,23-25H,9-15H2,1-4H3,(H,32,38)/t19-,20?,23-,24-/m1/s1. The number of piperazine rings is 1. The van der Waals surface area contributed by atoms with E-state index in [-0.39, 0.29) is 30.8 Å². The summed E-state index contributed by atoms with van der Waals surface area (Å²) < 4.78 is 32.8. The number of carbonyl (C=O) groups excluding carboxylic acids is 3. The van der Waals surface area contributed by atoms with Crippen molar-refractivity contribution < 1.29 is 27.9 Å². The Labute approximate surface area is 242 Å². The number of ketones is 1. The average Bonchev–Trinajstić information content (AvgIpc) is 3.65. The van der Waals surface area contributed by atoms with Gasteiger partial charge in [0.2, 0.25) is 12.3 Å². The van der Waals surface area contributed by atoms with Gasteiger partial charge in [-0.25, -0.2) is 13.8 Å². The zero-order valence-electron chi connectivity index (χ0n) is 23.8. The largest absolute Gasteiger partial charge is 0.367 e. The number of halogens is 2. The van der Waals surface area contributed by atoms with Gasteiger partial charge in [-0.3, -0.25) is 14.4 Å². The molecule has 3 aliphatic rings. The molecule has 0 saturated carbocycles. The first-order valence-corrected chi connectivity index (χ1v) is 14.8. The molecule has 222 valence electrons. The SMILES string of the molecule is CN1CCN(c2nc(-c3ccc(C(=O)NC(CC(C)(C)C)C(=O)N4C[C@@H](C(F)F)[C@H]5OCC(=O)[C@H]54)cc3)cs2)CC1. The van der Waals surface area contributed by atoms with Gasteiger partial charge >= 0.3 is 0 Å². The van der Waals surface area contributed by atoms with Crippen molar-refractivity contribution in [2.75, 3.05) is 51.3 Å². The van der Waals surface area contributed by atoms with Crippen LogP contribution in [0.2, 0.25) is 0 Å². The van der Waals surface area contributed by atoms with E-state index in [2.05, 4.69) is 22.2 Å². The molecule has 1 unspecified atom stereocenters. The van der Waals surface area contributed by atoms with Crippen molar-refractivity contribution in [3.63, 3.8) is 0 Å². The van der Waals surface area contributed by atoms with Crippen LogP contribution in [0.5, 0.6) is 0 Å². The molecule has 4 heterocycles. The van der Waals surface area contributed by atoms with Crippen molar-refractivity contribution in [3.8, 4) is 11.3 Å². The summed E-state index contributed by atoms with van der Waals surface area (Å²) in [6.07, 6.45) is -3.48. The number of likely N-dealkylation sites (N-methyl/N-ethyl adjacent to an activating group) is 1. The monoisotopic (exact) mass is 589 g/mol. The van der Waals surface area contributed by atoms with Crippen LogP contribution in [-0.2, 0) is 14.3 Å². The lowest BCUT2D eigenvalue weighted by molar-refractivity contribution is -0.138. The lowest BCUT2D eigenvalue weighted by Crippen LogP contribution is -2.53. The van der Waals surface area contributed by atoms with Gasteiger partial charge in [0, 0.05) is 49.2 Å². The number of nitrogens with one attached hydrogen (secondary N) is 1. The number of fused-ring (bicyclic) bond motifs is 1. The third kappa shape index (κ3) is 6.44. The Kier molecular flexibility index (Phi) is 8.45. The van der Waals surface area contributed by atoms with E-state index in [1.165, 1.54) is 4.90 Å². The molecule has 9 nitrogen and oxygen atoms in total. The second-order valence-corrected chi connectivity index (χ2v) is 13.2. The molecule has 0 radical (unpaired) electrons. The van der Waals surface area contributed by atoms with E-state index in [0.29, 0.717) is 5.56 Å². The molecular formula is C29H37F2N5O4S. The lowest BCUT2D eigenvalue weighted by atomic mass is 9.87. The molecular weight excluding hydrogens is 552 g/mol. The summed E-state index contributed by atoms with van der Waals surface area (Å²) in [4.78, 5) is 50.0. The molecule has 1 aromatic heterocycles. The van der Waals surface area contributed by atoms with Crippen LogP contribution in [0.4, 0.5) is 13.9 Å². The average molecular weight is 590 g/mol. The van der Waals surface area contributed by atoms with Gasteiger partial charge in [-0.05, 0) is 31.0 Å². The maximum Gasteiger partial charge on any atom is 0.251 e. The zero-order valence-corrected chi connectivity index (χ0v) is 24.6. The minimum atomic E-state index is -2.73. The van der Waals surface area contributed by atoms with E-state index in [9.17, 15) is 23.2 Å². The molecule has 2 amide bonds. The van der Waals surface area contributed by atoms with E-state index >= 15 is 0 Å². The highest BCUT2D eigenvalue weighted by Gasteiger charge is 2.55. The van der Waals surface area contributed by atoms with Crippen LogP contribution < -0.4 is 10.2 Å². The number of anilines is 1. The van der Waals surface area contributed by atoms with Crippen LogP contribution in [0.25, 0.3) is 11.3 Å². The molecule has 3 aliphatic heterocycles. The molecule has 1 aromatic carbocycles. The van der Waals surface area contributed by atoms with Gasteiger partial charge in [0.1, 0.15) is 18.7 Å². The van der Waals surface area contributed by atoms with Crippen LogP contribution in [-0.4, -0.2) is 103 Å². The molecule has 5 rings (SSSR count). The number of alkyl halides is 2. The molecule has 2 aromatic rings. The maximum absolute atomic E-state index is 13.7. The maximum atomic E-state index is 13.7. The minimum Gasteiger partial charge on any atom is -0.367 e.